The van der Waals surface area contributed by atoms with Gasteiger partial charge in [-0.3, -0.25) is 4.79 Å². The molecule has 0 amide bonds. The molecule has 1 heterocycles. The molecule has 0 aliphatic carbocycles. The molecule has 1 aromatic heterocycles. The average molecular weight is 412 g/mol. The summed E-state index contributed by atoms with van der Waals surface area (Å²) in [4.78, 5) is 25.3. The quantitative estimate of drug-likeness (QED) is 0.565. The lowest BCUT2D eigenvalue weighted by atomic mass is 10.0. The zero-order chi connectivity index (χ0) is 22.0. The van der Waals surface area contributed by atoms with Crippen molar-refractivity contribution in [2.45, 2.75) is 26.9 Å². The minimum absolute atomic E-state index is 0.0716. The van der Waals surface area contributed by atoms with E-state index in [0.717, 1.165) is 11.1 Å². The van der Waals surface area contributed by atoms with Crippen LogP contribution in [0.5, 0.6) is 17.2 Å². The number of esters is 1. The van der Waals surface area contributed by atoms with Crippen LogP contribution in [0, 0.1) is 13.8 Å². The van der Waals surface area contributed by atoms with Gasteiger partial charge in [-0.1, -0.05) is 6.07 Å². The molecule has 2 aromatic carbocycles. The standard InChI is InChI=1S/C23H24O7/c1-12-9-13(2)20-16(10-12)19(24)22(29-14(3)23(25)28-6)21(30-20)15-7-8-17(26-4)18(11-15)27-5/h7-11,14H,1-6H3. The normalized spacial score (nSPS) is 11.8. The van der Waals surface area contributed by atoms with E-state index in [1.54, 1.807) is 24.3 Å². The predicted octanol–water partition coefficient (Wildman–Crippen LogP) is 4.03. The third kappa shape index (κ3) is 3.83. The molecule has 7 nitrogen and oxygen atoms in total. The fourth-order valence-electron chi connectivity index (χ4n) is 3.30. The molecule has 0 saturated heterocycles. The van der Waals surface area contributed by atoms with Crippen LogP contribution >= 0.6 is 0 Å². The number of benzene rings is 2. The number of methoxy groups -OCH3 is 3. The first-order chi connectivity index (χ1) is 14.3. The summed E-state index contributed by atoms with van der Waals surface area (Å²) in [6.45, 7) is 5.27. The Kier molecular flexibility index (Phi) is 6.01. The van der Waals surface area contributed by atoms with Crippen molar-refractivity contribution in [2.75, 3.05) is 21.3 Å². The summed E-state index contributed by atoms with van der Waals surface area (Å²) in [7, 11) is 4.31. The number of carbonyl (C=O) groups excluding carboxylic acids is 1. The Morgan fingerprint density at radius 3 is 2.33 bits per heavy atom. The number of aryl methyl sites for hydroxylation is 2. The van der Waals surface area contributed by atoms with Gasteiger partial charge in [-0.25, -0.2) is 4.79 Å². The van der Waals surface area contributed by atoms with Gasteiger partial charge in [0, 0.05) is 5.56 Å². The Labute approximate surface area is 174 Å². The van der Waals surface area contributed by atoms with Gasteiger partial charge in [0.2, 0.25) is 11.2 Å². The molecule has 1 unspecified atom stereocenters. The van der Waals surface area contributed by atoms with Crippen LogP contribution in [0.1, 0.15) is 18.1 Å². The first kappa shape index (κ1) is 21.2. The maximum absolute atomic E-state index is 13.4. The van der Waals surface area contributed by atoms with Crippen molar-refractivity contribution in [1.82, 2.24) is 0 Å². The topological polar surface area (TPSA) is 84.2 Å². The van der Waals surface area contributed by atoms with E-state index in [1.165, 1.54) is 28.3 Å². The molecule has 158 valence electrons. The molecule has 3 rings (SSSR count). The number of ether oxygens (including phenoxy) is 4. The van der Waals surface area contributed by atoms with Gasteiger partial charge in [0.05, 0.1) is 26.7 Å². The second-order valence-corrected chi connectivity index (χ2v) is 6.90. The van der Waals surface area contributed by atoms with Crippen molar-refractivity contribution in [3.63, 3.8) is 0 Å². The first-order valence-corrected chi connectivity index (χ1v) is 9.35. The number of fused-ring (bicyclic) bond motifs is 1. The highest BCUT2D eigenvalue weighted by molar-refractivity contribution is 5.85. The zero-order valence-electron chi connectivity index (χ0n) is 17.8. The number of hydrogen-bond donors (Lipinski definition) is 0. The summed E-state index contributed by atoms with van der Waals surface area (Å²) in [5.41, 5.74) is 2.35. The van der Waals surface area contributed by atoms with Crippen LogP contribution in [-0.2, 0) is 9.53 Å². The van der Waals surface area contributed by atoms with E-state index in [1.807, 2.05) is 19.9 Å². The molecule has 0 aliphatic rings. The lowest BCUT2D eigenvalue weighted by Gasteiger charge is -2.17. The van der Waals surface area contributed by atoms with Crippen LogP contribution in [0.2, 0.25) is 0 Å². The SMILES string of the molecule is COC(=O)C(C)Oc1c(-c2ccc(OC)c(OC)c2)oc2c(C)cc(C)cc2c1=O. The van der Waals surface area contributed by atoms with E-state index in [2.05, 4.69) is 0 Å². The first-order valence-electron chi connectivity index (χ1n) is 9.35. The van der Waals surface area contributed by atoms with Crippen LogP contribution in [0.4, 0.5) is 0 Å². The van der Waals surface area contributed by atoms with Gasteiger partial charge in [-0.15, -0.1) is 0 Å². The monoisotopic (exact) mass is 412 g/mol. The second kappa shape index (κ2) is 8.49. The van der Waals surface area contributed by atoms with Gasteiger partial charge in [0.25, 0.3) is 0 Å². The average Bonchev–Trinajstić information content (AvgIpc) is 2.74. The minimum Gasteiger partial charge on any atom is -0.493 e. The van der Waals surface area contributed by atoms with Crippen LogP contribution in [0.3, 0.4) is 0 Å². The van der Waals surface area contributed by atoms with Crippen molar-refractivity contribution in [2.24, 2.45) is 0 Å². The molecule has 7 heteroatoms. The fraction of sp³-hybridized carbons (Fsp3) is 0.304. The van der Waals surface area contributed by atoms with Crippen LogP contribution in [-0.4, -0.2) is 33.4 Å². The van der Waals surface area contributed by atoms with E-state index < -0.39 is 12.1 Å². The molecule has 0 saturated carbocycles. The van der Waals surface area contributed by atoms with E-state index in [9.17, 15) is 9.59 Å². The molecule has 0 aliphatic heterocycles. The van der Waals surface area contributed by atoms with E-state index in [-0.39, 0.29) is 16.9 Å². The highest BCUT2D eigenvalue weighted by atomic mass is 16.6. The zero-order valence-corrected chi connectivity index (χ0v) is 17.8. The fourth-order valence-corrected chi connectivity index (χ4v) is 3.30. The predicted molar refractivity (Wildman–Crippen MR) is 113 cm³/mol. The highest BCUT2D eigenvalue weighted by Gasteiger charge is 2.24. The molecule has 30 heavy (non-hydrogen) atoms. The van der Waals surface area contributed by atoms with Gasteiger partial charge in [0.1, 0.15) is 5.58 Å². The van der Waals surface area contributed by atoms with Crippen molar-refractivity contribution < 1.29 is 28.2 Å². The van der Waals surface area contributed by atoms with Crippen LogP contribution < -0.4 is 19.6 Å². The summed E-state index contributed by atoms with van der Waals surface area (Å²) in [6.07, 6.45) is -1.000. The van der Waals surface area contributed by atoms with Gasteiger partial charge in [-0.2, -0.15) is 0 Å². The smallest absolute Gasteiger partial charge is 0.346 e. The van der Waals surface area contributed by atoms with Crippen molar-refractivity contribution in [3.05, 3.63) is 51.7 Å². The van der Waals surface area contributed by atoms with Crippen LogP contribution in [0.15, 0.2) is 39.5 Å². The van der Waals surface area contributed by atoms with E-state index >= 15 is 0 Å². The Bertz CT molecular complexity index is 1160. The molecular weight excluding hydrogens is 388 g/mol. The summed E-state index contributed by atoms with van der Waals surface area (Å²) in [5, 5.41) is 0.379. The van der Waals surface area contributed by atoms with Crippen molar-refractivity contribution in [1.29, 1.82) is 0 Å². The van der Waals surface area contributed by atoms with E-state index in [4.69, 9.17) is 23.4 Å². The minimum atomic E-state index is -1.000. The molecular formula is C23H24O7. The Morgan fingerprint density at radius 1 is 1.00 bits per heavy atom. The molecule has 0 radical (unpaired) electrons. The molecule has 0 spiro atoms. The van der Waals surface area contributed by atoms with Gasteiger partial charge in [0.15, 0.2) is 23.4 Å². The summed E-state index contributed by atoms with van der Waals surface area (Å²) in [5.74, 6) is 0.508. The number of rotatable bonds is 6. The lowest BCUT2D eigenvalue weighted by molar-refractivity contribution is -0.147. The Morgan fingerprint density at radius 2 is 1.70 bits per heavy atom. The third-order valence-electron chi connectivity index (χ3n) is 4.75. The van der Waals surface area contributed by atoms with Crippen molar-refractivity contribution >= 4 is 16.9 Å². The van der Waals surface area contributed by atoms with Crippen molar-refractivity contribution in [3.8, 4) is 28.6 Å². The lowest BCUT2D eigenvalue weighted by Crippen LogP contribution is -2.27. The van der Waals surface area contributed by atoms with Gasteiger partial charge >= 0.3 is 5.97 Å². The summed E-state index contributed by atoms with van der Waals surface area (Å²) >= 11 is 0. The van der Waals surface area contributed by atoms with Crippen LogP contribution in [0.25, 0.3) is 22.3 Å². The molecule has 0 bridgehead atoms. The number of hydrogen-bond acceptors (Lipinski definition) is 7. The molecule has 0 fully saturated rings. The maximum atomic E-state index is 13.4. The third-order valence-corrected chi connectivity index (χ3v) is 4.75. The van der Waals surface area contributed by atoms with Gasteiger partial charge < -0.3 is 23.4 Å². The van der Waals surface area contributed by atoms with Gasteiger partial charge in [-0.05, 0) is 56.2 Å². The number of carbonyl (C=O) groups is 1. The Balaban J connectivity index is 2.32. The van der Waals surface area contributed by atoms with E-state index in [0.29, 0.717) is 28.0 Å². The molecule has 3 aromatic rings. The maximum Gasteiger partial charge on any atom is 0.346 e. The highest BCUT2D eigenvalue weighted by Crippen LogP contribution is 2.37. The Hall–Kier alpha value is -3.48. The molecule has 0 N–H and O–H groups in total. The summed E-state index contributed by atoms with van der Waals surface area (Å²) < 4.78 is 27.3. The second-order valence-electron chi connectivity index (χ2n) is 6.90. The largest absolute Gasteiger partial charge is 0.493 e. The molecule has 1 atom stereocenters. The summed E-state index contributed by atoms with van der Waals surface area (Å²) in [6, 6.07) is 8.78.